The SMILES string of the molecule is C=CCC(OC[C@H]1O[C@@H](n2ncc3c(N(C(=O)OC(C)(C)C)C4CCCC4)nc(Cl)nc32)[C@@H]2OC(C)(C)O[C@@H]21)(C(=O)OCC)P(C)(C)=O. The fourth-order valence-electron chi connectivity index (χ4n) is 6.58. The maximum absolute atomic E-state index is 13.6. The first-order valence-corrected chi connectivity index (χ1v) is 19.3. The number of esters is 1. The van der Waals surface area contributed by atoms with Crippen LogP contribution in [0.3, 0.4) is 0 Å². The highest BCUT2D eigenvalue weighted by molar-refractivity contribution is 7.64. The fraction of sp³-hybridized carbons (Fsp3) is 0.719. The van der Waals surface area contributed by atoms with Gasteiger partial charge >= 0.3 is 12.1 Å². The molecule has 0 bridgehead atoms. The van der Waals surface area contributed by atoms with Crippen molar-refractivity contribution in [3.05, 3.63) is 24.1 Å². The molecule has 3 fully saturated rings. The number of aromatic nitrogens is 4. The van der Waals surface area contributed by atoms with Crippen LogP contribution in [0.15, 0.2) is 18.9 Å². The number of hydrogen-bond donors (Lipinski definition) is 0. The Labute approximate surface area is 286 Å². The molecule has 3 aliphatic rings. The number of fused-ring (bicyclic) bond motifs is 2. The Balaban J connectivity index is 1.52. The second kappa shape index (κ2) is 13.6. The van der Waals surface area contributed by atoms with Gasteiger partial charge in [-0.1, -0.05) is 18.9 Å². The summed E-state index contributed by atoms with van der Waals surface area (Å²) >= 11 is 6.52. The maximum Gasteiger partial charge on any atom is 0.416 e. The van der Waals surface area contributed by atoms with Crippen LogP contribution in [0.2, 0.25) is 5.28 Å². The molecule has 1 aliphatic carbocycles. The van der Waals surface area contributed by atoms with Gasteiger partial charge in [0, 0.05) is 12.5 Å². The van der Waals surface area contributed by atoms with Gasteiger partial charge in [-0.2, -0.15) is 15.1 Å². The van der Waals surface area contributed by atoms with Gasteiger partial charge in [-0.25, -0.2) is 14.3 Å². The van der Waals surface area contributed by atoms with Gasteiger partial charge in [0.15, 0.2) is 23.5 Å². The molecule has 2 aromatic rings. The second-order valence-corrected chi connectivity index (χ2v) is 18.0. The summed E-state index contributed by atoms with van der Waals surface area (Å²) in [5, 5.41) is 3.25. The Kier molecular flexibility index (Phi) is 10.4. The van der Waals surface area contributed by atoms with Gasteiger partial charge in [-0.05, 0) is 79.3 Å². The highest BCUT2D eigenvalue weighted by Crippen LogP contribution is 2.56. The average Bonchev–Trinajstić information content (AvgIpc) is 3.74. The Morgan fingerprint density at radius 1 is 1.19 bits per heavy atom. The lowest BCUT2D eigenvalue weighted by molar-refractivity contribution is -0.207. The lowest BCUT2D eigenvalue weighted by Crippen LogP contribution is -2.45. The van der Waals surface area contributed by atoms with Gasteiger partial charge in [0.05, 0.1) is 24.8 Å². The molecule has 2 saturated heterocycles. The lowest BCUT2D eigenvalue weighted by atomic mass is 10.1. The zero-order valence-corrected chi connectivity index (χ0v) is 30.6. The standard InChI is InChI=1S/C32H47ClN5O9P/c1-10-16-32(48(8,9)41,27(39)42-11-2)43-18-21-22-23(46-31(6,7)45-22)26(44-21)38-25-20(17-34-38)24(35-28(33)36-25)37(19-14-12-13-15-19)29(40)47-30(3,4)5/h10,17,19,21-23,26H,1,11-16,18H2,2-9H3/t21-,22-,23-,26-,32?/m1/s1. The summed E-state index contributed by atoms with van der Waals surface area (Å²) in [6.07, 6.45) is 3.00. The third-order valence-corrected chi connectivity index (χ3v) is 11.1. The van der Waals surface area contributed by atoms with Crippen molar-refractivity contribution in [2.24, 2.45) is 0 Å². The molecule has 2 aromatic heterocycles. The van der Waals surface area contributed by atoms with Crippen molar-refractivity contribution in [3.63, 3.8) is 0 Å². The van der Waals surface area contributed by atoms with E-state index < -0.39 is 60.5 Å². The number of carbonyl (C=O) groups excluding carboxylic acids is 2. The van der Waals surface area contributed by atoms with Crippen molar-refractivity contribution in [1.82, 2.24) is 19.7 Å². The van der Waals surface area contributed by atoms with Crippen LogP contribution in [0, 0.1) is 0 Å². The van der Waals surface area contributed by atoms with E-state index in [0.29, 0.717) is 16.9 Å². The molecule has 0 aromatic carbocycles. The van der Waals surface area contributed by atoms with Crippen molar-refractivity contribution in [1.29, 1.82) is 0 Å². The van der Waals surface area contributed by atoms with Crippen molar-refractivity contribution < 1.29 is 42.6 Å². The molecule has 0 radical (unpaired) electrons. The average molecular weight is 712 g/mol. The molecule has 4 heterocycles. The number of amides is 1. The van der Waals surface area contributed by atoms with Crippen LogP contribution < -0.4 is 4.90 Å². The molecule has 5 atom stereocenters. The minimum atomic E-state index is -3.25. The van der Waals surface area contributed by atoms with Gasteiger partial charge in [0.1, 0.15) is 31.1 Å². The number of carbonyl (C=O) groups is 2. The summed E-state index contributed by atoms with van der Waals surface area (Å²) in [6, 6.07) is -0.137. The van der Waals surface area contributed by atoms with Crippen LogP contribution in [-0.4, -0.2) is 99.4 Å². The number of nitrogens with zero attached hydrogens (tertiary/aromatic N) is 5. The minimum Gasteiger partial charge on any atom is -0.463 e. The van der Waals surface area contributed by atoms with Crippen molar-refractivity contribution in [2.75, 3.05) is 31.4 Å². The number of anilines is 1. The van der Waals surface area contributed by atoms with Crippen molar-refractivity contribution in [2.45, 2.75) is 121 Å². The fourth-order valence-corrected chi connectivity index (χ4v) is 8.20. The molecule has 0 N–H and O–H groups in total. The van der Waals surface area contributed by atoms with E-state index in [0.717, 1.165) is 25.7 Å². The van der Waals surface area contributed by atoms with Crippen molar-refractivity contribution >= 4 is 47.7 Å². The summed E-state index contributed by atoms with van der Waals surface area (Å²) < 4.78 is 51.6. The Morgan fingerprint density at radius 3 is 2.46 bits per heavy atom. The molecular weight excluding hydrogens is 665 g/mol. The van der Waals surface area contributed by atoms with E-state index in [9.17, 15) is 14.2 Å². The summed E-state index contributed by atoms with van der Waals surface area (Å²) in [6.45, 7) is 17.3. The van der Waals surface area contributed by atoms with Crippen LogP contribution in [0.25, 0.3) is 11.0 Å². The van der Waals surface area contributed by atoms with Crippen LogP contribution >= 0.6 is 18.7 Å². The van der Waals surface area contributed by atoms with E-state index in [1.807, 2.05) is 20.8 Å². The third kappa shape index (κ3) is 7.15. The molecule has 2 aliphatic heterocycles. The molecule has 48 heavy (non-hydrogen) atoms. The molecule has 5 rings (SSSR count). The van der Waals surface area contributed by atoms with Crippen molar-refractivity contribution in [3.8, 4) is 0 Å². The molecule has 1 saturated carbocycles. The molecular formula is C32H47ClN5O9P. The van der Waals surface area contributed by atoms with E-state index in [-0.39, 0.29) is 31.0 Å². The largest absolute Gasteiger partial charge is 0.463 e. The molecule has 266 valence electrons. The van der Waals surface area contributed by atoms with E-state index in [1.165, 1.54) is 24.1 Å². The summed E-state index contributed by atoms with van der Waals surface area (Å²) in [7, 11) is -3.25. The van der Waals surface area contributed by atoms with E-state index in [4.69, 9.17) is 40.0 Å². The zero-order chi connectivity index (χ0) is 35.2. The van der Waals surface area contributed by atoms with E-state index in [1.54, 1.807) is 31.9 Å². The monoisotopic (exact) mass is 711 g/mol. The van der Waals surface area contributed by atoms with Crippen LogP contribution in [0.5, 0.6) is 0 Å². The molecule has 1 unspecified atom stereocenters. The third-order valence-electron chi connectivity index (χ3n) is 8.65. The number of hydrogen-bond acceptors (Lipinski definition) is 12. The number of halogens is 1. The molecule has 1 amide bonds. The highest BCUT2D eigenvalue weighted by atomic mass is 35.5. The second-order valence-electron chi connectivity index (χ2n) is 14.2. The van der Waals surface area contributed by atoms with Crippen LogP contribution in [0.4, 0.5) is 10.6 Å². The topological polar surface area (TPSA) is 153 Å². The predicted molar refractivity (Wildman–Crippen MR) is 179 cm³/mol. The van der Waals surface area contributed by atoms with Crippen LogP contribution in [0.1, 0.15) is 79.9 Å². The van der Waals surface area contributed by atoms with Gasteiger partial charge in [0.2, 0.25) is 10.6 Å². The number of ether oxygens (including phenoxy) is 6. The van der Waals surface area contributed by atoms with E-state index >= 15 is 0 Å². The molecule has 0 spiro atoms. The van der Waals surface area contributed by atoms with E-state index in [2.05, 4.69) is 21.6 Å². The predicted octanol–water partition coefficient (Wildman–Crippen LogP) is 6.06. The van der Waals surface area contributed by atoms with Gasteiger partial charge in [-0.15, -0.1) is 6.58 Å². The smallest absolute Gasteiger partial charge is 0.416 e. The first-order chi connectivity index (χ1) is 22.4. The zero-order valence-electron chi connectivity index (χ0n) is 28.9. The summed E-state index contributed by atoms with van der Waals surface area (Å²) in [5.74, 6) is -1.43. The Bertz CT molecular complexity index is 1580. The first kappa shape index (κ1) is 36.7. The maximum atomic E-state index is 13.6. The first-order valence-electron chi connectivity index (χ1n) is 16.3. The summed E-state index contributed by atoms with van der Waals surface area (Å²) in [4.78, 5) is 37.4. The molecule has 16 heteroatoms. The van der Waals surface area contributed by atoms with Gasteiger partial charge in [0.25, 0.3) is 0 Å². The highest BCUT2D eigenvalue weighted by Gasteiger charge is 2.58. The lowest BCUT2D eigenvalue weighted by Gasteiger charge is -2.35. The minimum absolute atomic E-state index is 0.0274. The number of rotatable bonds is 11. The Hall–Kier alpha value is -2.61. The quantitative estimate of drug-likeness (QED) is 0.115. The summed E-state index contributed by atoms with van der Waals surface area (Å²) in [5.41, 5.74) is -0.418. The molecule has 14 nitrogen and oxygen atoms in total. The Morgan fingerprint density at radius 2 is 1.85 bits per heavy atom. The van der Waals surface area contributed by atoms with Gasteiger partial charge < -0.3 is 33.0 Å². The van der Waals surface area contributed by atoms with Gasteiger partial charge in [-0.3, -0.25) is 4.90 Å². The van der Waals surface area contributed by atoms with Crippen LogP contribution in [-0.2, 0) is 37.8 Å². The normalized spacial score (nSPS) is 25.5.